The first-order valence-corrected chi connectivity index (χ1v) is 7.51. The Morgan fingerprint density at radius 2 is 2.00 bits per heavy atom. The number of nitrogens with one attached hydrogen (secondary N) is 1. The molecule has 0 radical (unpaired) electrons. The van der Waals surface area contributed by atoms with Gasteiger partial charge in [-0.1, -0.05) is 35.8 Å². The van der Waals surface area contributed by atoms with Crippen LogP contribution in [0.25, 0.3) is 0 Å². The molecular formula is C15H24BrNO. The third-order valence-electron chi connectivity index (χ3n) is 2.78. The first-order chi connectivity index (χ1) is 8.59. The highest BCUT2D eigenvalue weighted by Crippen LogP contribution is 2.23. The van der Waals surface area contributed by atoms with Gasteiger partial charge in [0, 0.05) is 10.5 Å². The number of hydrogen-bond donors (Lipinski definition) is 1. The van der Waals surface area contributed by atoms with Crippen molar-refractivity contribution < 1.29 is 4.74 Å². The average molecular weight is 314 g/mol. The van der Waals surface area contributed by atoms with Crippen molar-refractivity contribution >= 4 is 15.9 Å². The summed E-state index contributed by atoms with van der Waals surface area (Å²) < 4.78 is 6.87. The Bertz CT molecular complexity index is 352. The van der Waals surface area contributed by atoms with Crippen molar-refractivity contribution in [3.05, 3.63) is 28.2 Å². The van der Waals surface area contributed by atoms with E-state index in [9.17, 15) is 0 Å². The summed E-state index contributed by atoms with van der Waals surface area (Å²) in [7, 11) is 0. The molecule has 0 bridgehead atoms. The molecule has 0 aromatic heterocycles. The van der Waals surface area contributed by atoms with Gasteiger partial charge in [-0.3, -0.25) is 0 Å². The van der Waals surface area contributed by atoms with Gasteiger partial charge < -0.3 is 10.1 Å². The Hall–Kier alpha value is -0.540. The van der Waals surface area contributed by atoms with Crippen molar-refractivity contribution in [3.8, 4) is 5.75 Å². The van der Waals surface area contributed by atoms with E-state index in [1.165, 1.54) is 18.4 Å². The third kappa shape index (κ3) is 6.41. The van der Waals surface area contributed by atoms with Gasteiger partial charge in [-0.05, 0) is 50.4 Å². The van der Waals surface area contributed by atoms with Crippen LogP contribution in [0.15, 0.2) is 22.7 Å². The summed E-state index contributed by atoms with van der Waals surface area (Å²) in [4.78, 5) is 0. The predicted octanol–water partition coefficient (Wildman–Crippen LogP) is 4.30. The Kier molecular flexibility index (Phi) is 7.36. The second-order valence-corrected chi connectivity index (χ2v) is 5.84. The Morgan fingerprint density at radius 1 is 1.22 bits per heavy atom. The van der Waals surface area contributed by atoms with Crippen LogP contribution in [-0.2, 0) is 0 Å². The maximum atomic E-state index is 5.79. The molecule has 0 saturated heterocycles. The first-order valence-electron chi connectivity index (χ1n) is 6.72. The number of rotatable bonds is 8. The minimum absolute atomic E-state index is 0.588. The van der Waals surface area contributed by atoms with E-state index in [2.05, 4.69) is 48.1 Å². The summed E-state index contributed by atoms with van der Waals surface area (Å²) in [6.45, 7) is 8.35. The maximum Gasteiger partial charge on any atom is 0.123 e. The zero-order chi connectivity index (χ0) is 13.4. The molecular weight excluding hydrogens is 290 g/mol. The van der Waals surface area contributed by atoms with Gasteiger partial charge in [0.05, 0.1) is 6.61 Å². The van der Waals surface area contributed by atoms with E-state index in [0.29, 0.717) is 6.04 Å². The van der Waals surface area contributed by atoms with Crippen LogP contribution in [0.1, 0.15) is 38.7 Å². The van der Waals surface area contributed by atoms with Gasteiger partial charge in [-0.15, -0.1) is 0 Å². The molecule has 0 unspecified atom stereocenters. The molecule has 0 saturated carbocycles. The summed E-state index contributed by atoms with van der Waals surface area (Å²) in [5.74, 6) is 0.990. The monoisotopic (exact) mass is 313 g/mol. The lowest BCUT2D eigenvalue weighted by molar-refractivity contribution is 0.302. The fraction of sp³-hybridized carbons (Fsp3) is 0.600. The topological polar surface area (TPSA) is 21.3 Å². The predicted molar refractivity (Wildman–Crippen MR) is 81.4 cm³/mol. The Morgan fingerprint density at radius 3 is 2.72 bits per heavy atom. The van der Waals surface area contributed by atoms with E-state index < -0.39 is 0 Å². The molecule has 2 nitrogen and oxygen atoms in total. The quantitative estimate of drug-likeness (QED) is 0.722. The van der Waals surface area contributed by atoms with E-state index in [1.807, 2.05) is 12.1 Å². The van der Waals surface area contributed by atoms with Crippen LogP contribution in [0, 0.1) is 6.92 Å². The van der Waals surface area contributed by atoms with Crippen LogP contribution in [-0.4, -0.2) is 19.2 Å². The van der Waals surface area contributed by atoms with Crippen LogP contribution in [0.5, 0.6) is 5.75 Å². The maximum absolute atomic E-state index is 5.79. The normalized spacial score (nSPS) is 10.9. The SMILES string of the molecule is Cc1ccc(Br)cc1OCCCCCNC(C)C. The highest BCUT2D eigenvalue weighted by atomic mass is 79.9. The van der Waals surface area contributed by atoms with Crippen molar-refractivity contribution in [2.45, 2.75) is 46.1 Å². The van der Waals surface area contributed by atoms with E-state index in [1.54, 1.807) is 0 Å². The summed E-state index contributed by atoms with van der Waals surface area (Å²) in [5, 5.41) is 3.42. The molecule has 1 aromatic rings. The average Bonchev–Trinajstić information content (AvgIpc) is 2.32. The van der Waals surface area contributed by atoms with Gasteiger partial charge in [-0.25, -0.2) is 0 Å². The van der Waals surface area contributed by atoms with Crippen LogP contribution in [0.2, 0.25) is 0 Å². The number of aryl methyl sites for hydroxylation is 1. The van der Waals surface area contributed by atoms with Gasteiger partial charge in [0.15, 0.2) is 0 Å². The summed E-state index contributed by atoms with van der Waals surface area (Å²) in [5.41, 5.74) is 1.19. The van der Waals surface area contributed by atoms with Crippen molar-refractivity contribution in [1.29, 1.82) is 0 Å². The molecule has 0 spiro atoms. The highest BCUT2D eigenvalue weighted by molar-refractivity contribution is 9.10. The summed E-state index contributed by atoms with van der Waals surface area (Å²) in [6, 6.07) is 6.74. The second-order valence-electron chi connectivity index (χ2n) is 4.93. The first kappa shape index (κ1) is 15.5. The van der Waals surface area contributed by atoms with Crippen molar-refractivity contribution in [1.82, 2.24) is 5.32 Å². The second kappa shape index (κ2) is 8.54. The molecule has 3 heteroatoms. The number of ether oxygens (including phenoxy) is 1. The van der Waals surface area contributed by atoms with Crippen molar-refractivity contribution in [2.75, 3.05) is 13.2 Å². The fourth-order valence-electron chi connectivity index (χ4n) is 1.71. The van der Waals surface area contributed by atoms with Crippen molar-refractivity contribution in [2.24, 2.45) is 0 Å². The van der Waals surface area contributed by atoms with Gasteiger partial charge in [0.1, 0.15) is 5.75 Å². The van der Waals surface area contributed by atoms with Crippen molar-refractivity contribution in [3.63, 3.8) is 0 Å². The minimum atomic E-state index is 0.588. The van der Waals surface area contributed by atoms with E-state index in [-0.39, 0.29) is 0 Å². The summed E-state index contributed by atoms with van der Waals surface area (Å²) in [6.07, 6.45) is 3.55. The number of hydrogen-bond acceptors (Lipinski definition) is 2. The number of benzene rings is 1. The molecule has 0 fully saturated rings. The van der Waals surface area contributed by atoms with Crippen LogP contribution in [0.4, 0.5) is 0 Å². The molecule has 0 aliphatic rings. The van der Waals surface area contributed by atoms with Gasteiger partial charge >= 0.3 is 0 Å². The highest BCUT2D eigenvalue weighted by Gasteiger charge is 2.00. The lowest BCUT2D eigenvalue weighted by Crippen LogP contribution is -2.23. The number of unbranched alkanes of at least 4 members (excludes halogenated alkanes) is 2. The molecule has 1 aromatic carbocycles. The fourth-order valence-corrected chi connectivity index (χ4v) is 2.05. The molecule has 102 valence electrons. The van der Waals surface area contributed by atoms with Gasteiger partial charge in [-0.2, -0.15) is 0 Å². The molecule has 0 aliphatic heterocycles. The molecule has 0 heterocycles. The lowest BCUT2D eigenvalue weighted by atomic mass is 10.2. The third-order valence-corrected chi connectivity index (χ3v) is 3.27. The Labute approximate surface area is 119 Å². The molecule has 0 aliphatic carbocycles. The van der Waals surface area contributed by atoms with E-state index >= 15 is 0 Å². The Balaban J connectivity index is 2.12. The molecule has 18 heavy (non-hydrogen) atoms. The minimum Gasteiger partial charge on any atom is -0.493 e. The van der Waals surface area contributed by atoms with Gasteiger partial charge in [0.25, 0.3) is 0 Å². The van der Waals surface area contributed by atoms with Crippen LogP contribution < -0.4 is 10.1 Å². The largest absolute Gasteiger partial charge is 0.493 e. The molecule has 1 rings (SSSR count). The van der Waals surface area contributed by atoms with Crippen LogP contribution in [0.3, 0.4) is 0 Å². The van der Waals surface area contributed by atoms with E-state index in [4.69, 9.17) is 4.74 Å². The van der Waals surface area contributed by atoms with E-state index in [0.717, 1.165) is 29.8 Å². The standard InChI is InChI=1S/C15H24BrNO/c1-12(2)17-9-5-4-6-10-18-15-11-14(16)8-7-13(15)3/h7-8,11-12,17H,4-6,9-10H2,1-3H3. The molecule has 0 amide bonds. The zero-order valence-corrected chi connectivity index (χ0v) is 13.2. The van der Waals surface area contributed by atoms with Crippen LogP contribution >= 0.6 is 15.9 Å². The smallest absolute Gasteiger partial charge is 0.123 e. The molecule has 1 N–H and O–H groups in total. The summed E-state index contributed by atoms with van der Waals surface area (Å²) >= 11 is 3.46. The van der Waals surface area contributed by atoms with Gasteiger partial charge in [0.2, 0.25) is 0 Å². The zero-order valence-electron chi connectivity index (χ0n) is 11.6. The molecule has 0 atom stereocenters. The number of halogens is 1. The lowest BCUT2D eigenvalue weighted by Gasteiger charge is -2.10.